The third-order valence-electron chi connectivity index (χ3n) is 13.8. The van der Waals surface area contributed by atoms with Crippen LogP contribution in [0.15, 0.2) is 41.4 Å². The van der Waals surface area contributed by atoms with E-state index in [-0.39, 0.29) is 37.6 Å². The molecule has 326 valence electrons. The fraction of sp³-hybridized carbons (Fsp3) is 0.674. The Bertz CT molecular complexity index is 1780. The number of nitrogens with one attached hydrogen (secondary N) is 1. The number of likely N-dealkylation sites (N-methyl/N-ethyl adjacent to an activating group) is 1. The summed E-state index contributed by atoms with van der Waals surface area (Å²) in [7, 11) is 3.47. The number of benzene rings is 2. The molecular formula is C46H69N5O8. The van der Waals surface area contributed by atoms with E-state index in [2.05, 4.69) is 49.8 Å². The maximum absolute atomic E-state index is 14.1. The Morgan fingerprint density at radius 2 is 1.86 bits per heavy atom. The average molecular weight is 820 g/mol. The Morgan fingerprint density at radius 3 is 2.49 bits per heavy atom. The van der Waals surface area contributed by atoms with Crippen molar-refractivity contribution in [2.45, 2.75) is 91.6 Å². The Balaban J connectivity index is 1.29. The zero-order valence-corrected chi connectivity index (χ0v) is 36.5. The molecule has 2 saturated heterocycles. The Hall–Kier alpha value is -3.43. The summed E-state index contributed by atoms with van der Waals surface area (Å²) in [6, 6.07) is 10.4. The first-order chi connectivity index (χ1) is 28.2. The van der Waals surface area contributed by atoms with Gasteiger partial charge in [0.1, 0.15) is 17.9 Å². The molecule has 0 aromatic heterocycles. The number of anilines is 1. The number of carbonyl (C=O) groups is 2. The molecule has 7 rings (SSSR count). The average Bonchev–Trinajstić information content (AvgIpc) is 3.58. The lowest BCUT2D eigenvalue weighted by Crippen LogP contribution is -2.55. The molecule has 5 fully saturated rings. The maximum Gasteiger partial charge on any atom is 0.265 e. The van der Waals surface area contributed by atoms with Crippen LogP contribution in [0.1, 0.15) is 76.7 Å². The van der Waals surface area contributed by atoms with Gasteiger partial charge in [-0.3, -0.25) is 19.3 Å². The summed E-state index contributed by atoms with van der Waals surface area (Å²) in [4.78, 5) is 43.3. The molecule has 59 heavy (non-hydrogen) atoms. The van der Waals surface area contributed by atoms with Crippen LogP contribution >= 0.6 is 0 Å². The number of hydroxylamine groups is 2. The molecule has 2 aliphatic heterocycles. The van der Waals surface area contributed by atoms with Gasteiger partial charge in [0.25, 0.3) is 11.8 Å². The lowest BCUT2D eigenvalue weighted by atomic mass is 9.43. The number of morpholine rings is 1. The molecule has 2 bridgehead atoms. The first-order valence-corrected chi connectivity index (χ1v) is 21.7. The molecule has 13 heteroatoms. The Labute approximate surface area is 351 Å². The van der Waals surface area contributed by atoms with Gasteiger partial charge in [-0.1, -0.05) is 52.8 Å². The maximum atomic E-state index is 14.1. The van der Waals surface area contributed by atoms with Gasteiger partial charge >= 0.3 is 0 Å². The number of rotatable bonds is 17. The second-order valence-electron chi connectivity index (χ2n) is 18.5. The third kappa shape index (κ3) is 10.0. The highest BCUT2D eigenvalue weighted by Gasteiger charge is 2.56. The summed E-state index contributed by atoms with van der Waals surface area (Å²) < 4.78 is 11.7. The second-order valence-corrected chi connectivity index (χ2v) is 18.5. The summed E-state index contributed by atoms with van der Waals surface area (Å²) in [5, 5.41) is 36.0. The number of amides is 2. The van der Waals surface area contributed by atoms with Crippen LogP contribution in [-0.2, 0) is 20.9 Å². The van der Waals surface area contributed by atoms with Crippen molar-refractivity contribution >= 4 is 23.7 Å². The molecule has 2 aromatic rings. The predicted molar refractivity (Wildman–Crippen MR) is 229 cm³/mol. The topological polar surface area (TPSA) is 157 Å². The molecular weight excluding hydrogens is 751 g/mol. The molecule has 2 heterocycles. The molecule has 4 N–H and O–H groups in total. The van der Waals surface area contributed by atoms with E-state index in [4.69, 9.17) is 14.3 Å². The third-order valence-corrected chi connectivity index (χ3v) is 13.8. The van der Waals surface area contributed by atoms with Gasteiger partial charge in [0, 0.05) is 73.8 Å². The molecule has 3 saturated carbocycles. The zero-order chi connectivity index (χ0) is 42.6. The van der Waals surface area contributed by atoms with Crippen LogP contribution in [0.2, 0.25) is 0 Å². The summed E-state index contributed by atoms with van der Waals surface area (Å²) in [5.41, 5.74) is 3.73. The number of nitrogens with zero attached hydrogens (tertiary/aromatic N) is 4. The van der Waals surface area contributed by atoms with E-state index in [1.54, 1.807) is 14.0 Å². The molecule has 1 unspecified atom stereocenters. The summed E-state index contributed by atoms with van der Waals surface area (Å²) in [5.74, 6) is 1.45. The van der Waals surface area contributed by atoms with Crippen LogP contribution in [-0.4, -0.2) is 134 Å². The van der Waals surface area contributed by atoms with Crippen LogP contribution in [0.3, 0.4) is 0 Å². The van der Waals surface area contributed by atoms with Crippen LogP contribution in [0, 0.1) is 40.9 Å². The van der Waals surface area contributed by atoms with Crippen LogP contribution in [0.5, 0.6) is 5.75 Å². The smallest absolute Gasteiger partial charge is 0.265 e. The normalized spacial score (nSPS) is 28.0. The first-order valence-electron chi connectivity index (χ1n) is 21.7. The van der Waals surface area contributed by atoms with E-state index in [1.807, 2.05) is 54.6 Å². The van der Waals surface area contributed by atoms with E-state index in [0.29, 0.717) is 65.7 Å². The fourth-order valence-electron chi connectivity index (χ4n) is 10.3. The number of para-hydroxylation sites is 1. The fourth-order valence-corrected chi connectivity index (χ4v) is 10.3. The van der Waals surface area contributed by atoms with E-state index >= 15 is 0 Å². The number of hydrogen-bond donors (Lipinski definition) is 4. The molecule has 5 aliphatic rings. The molecule has 9 atom stereocenters. The lowest BCUT2D eigenvalue weighted by molar-refractivity contribution is -0.181. The minimum absolute atomic E-state index is 0.0572. The molecule has 2 amide bonds. The Morgan fingerprint density at radius 1 is 1.12 bits per heavy atom. The highest BCUT2D eigenvalue weighted by atomic mass is 16.7. The summed E-state index contributed by atoms with van der Waals surface area (Å²) >= 11 is 0. The van der Waals surface area contributed by atoms with Gasteiger partial charge < -0.3 is 35.0 Å². The van der Waals surface area contributed by atoms with Crippen molar-refractivity contribution in [2.24, 2.45) is 45.9 Å². The quantitative estimate of drug-likeness (QED) is 0.165. The minimum atomic E-state index is -0.950. The van der Waals surface area contributed by atoms with Crippen LogP contribution in [0.4, 0.5) is 5.69 Å². The van der Waals surface area contributed by atoms with Crippen molar-refractivity contribution in [3.05, 3.63) is 47.5 Å². The van der Waals surface area contributed by atoms with Gasteiger partial charge in [0.05, 0.1) is 46.2 Å². The van der Waals surface area contributed by atoms with Crippen molar-refractivity contribution < 1.29 is 39.2 Å². The van der Waals surface area contributed by atoms with E-state index in [9.17, 15) is 24.9 Å². The lowest BCUT2D eigenvalue weighted by Gasteiger charge is -2.61. The number of carbonyl (C=O) groups excluding carboxylic acids is 2. The van der Waals surface area contributed by atoms with Crippen LogP contribution in [0.25, 0.3) is 11.1 Å². The number of hydrogen-bond acceptors (Lipinski definition) is 11. The number of aliphatic hydroxyl groups excluding tert-OH is 3. The molecule has 0 radical (unpaired) electrons. The summed E-state index contributed by atoms with van der Waals surface area (Å²) in [6.07, 6.45) is 3.13. The van der Waals surface area contributed by atoms with Crippen molar-refractivity contribution in [2.75, 3.05) is 71.7 Å². The molecule has 0 spiro atoms. The number of ether oxygens (including phenoxy) is 2. The largest absolute Gasteiger partial charge is 0.496 e. The van der Waals surface area contributed by atoms with Gasteiger partial charge in [-0.05, 0) is 85.0 Å². The monoisotopic (exact) mass is 820 g/mol. The van der Waals surface area contributed by atoms with E-state index in [0.717, 1.165) is 49.3 Å². The van der Waals surface area contributed by atoms with E-state index < -0.39 is 30.1 Å². The van der Waals surface area contributed by atoms with E-state index in [1.165, 1.54) is 11.5 Å². The summed E-state index contributed by atoms with van der Waals surface area (Å²) in [6.45, 7) is 16.7. The number of aliphatic imine (C=N–C) groups is 1. The van der Waals surface area contributed by atoms with Gasteiger partial charge in [-0.25, -0.2) is 4.99 Å². The molecule has 3 aliphatic carbocycles. The highest BCUT2D eigenvalue weighted by molar-refractivity contribution is 5.97. The number of fused-ring (bicyclic) bond motifs is 2. The van der Waals surface area contributed by atoms with Crippen molar-refractivity contribution in [3.8, 4) is 16.9 Å². The predicted octanol–water partition coefficient (Wildman–Crippen LogP) is 4.66. The first kappa shape index (κ1) is 45.1. The molecule has 13 nitrogen and oxygen atoms in total. The minimum Gasteiger partial charge on any atom is -0.496 e. The van der Waals surface area contributed by atoms with Gasteiger partial charge in [0.15, 0.2) is 0 Å². The molecule has 2 aromatic carbocycles. The zero-order valence-electron chi connectivity index (χ0n) is 36.5. The standard InChI is InChI=1S/C46H69N5O8/c1-28(2)18-36(26-50-13-16-58-17-14-50)48-44(55)33-19-32(21-37(22-33)49(7)12-15-52)38-11-9-10-31(43(38)57-8)25-51-42(41(30(4)54)40(27-53)59-51)45(56)47-24-34-20-35-23-39(29(34)3)46(35,5)6/h9-11,19,21-22,24,28-30,34-36,39-42,52-54H,12-18,20,23,25-27H2,1-8H3,(H,48,55)/t29-,30+,34?,35+,36+,39+,40+,41-,42+/m1/s1. The van der Waals surface area contributed by atoms with Gasteiger partial charge in [0.2, 0.25) is 0 Å². The van der Waals surface area contributed by atoms with Crippen molar-refractivity contribution in [1.29, 1.82) is 0 Å². The number of methoxy groups -OCH3 is 1. The van der Waals surface area contributed by atoms with Gasteiger partial charge in [-0.15, -0.1) is 0 Å². The van der Waals surface area contributed by atoms with Crippen molar-refractivity contribution in [3.63, 3.8) is 0 Å². The second kappa shape index (κ2) is 19.5. The van der Waals surface area contributed by atoms with Crippen LogP contribution < -0.4 is 15.0 Å². The highest BCUT2D eigenvalue weighted by Crippen LogP contribution is 2.62. The van der Waals surface area contributed by atoms with Gasteiger partial charge in [-0.2, -0.15) is 5.06 Å². The Kier molecular flexibility index (Phi) is 14.9. The number of aliphatic hydroxyl groups is 3. The SMILES string of the molecule is COc1c(CN2O[C@@H](CO)[C@@H]([C@H](C)O)[C@H]2C(=O)N=CC2C[C@H]3C[C@@H]([C@@H]2C)C3(C)C)cccc1-c1cc(C(=O)N[C@@H](CC(C)C)CN2CCOCC2)cc(N(C)CCO)c1. The van der Waals surface area contributed by atoms with Crippen molar-refractivity contribution in [1.82, 2.24) is 15.3 Å².